The number of hydrogen-bond donors (Lipinski definition) is 0. The van der Waals surface area contributed by atoms with Crippen molar-refractivity contribution in [3.05, 3.63) is 103 Å². The minimum absolute atomic E-state index is 0.0784. The normalized spacial score (nSPS) is 15.0. The molecule has 1 atom stereocenters. The number of carbonyl (C=O) groups is 1. The molecule has 1 aliphatic rings. The summed E-state index contributed by atoms with van der Waals surface area (Å²) in [6.45, 7) is 2.82. The Kier molecular flexibility index (Phi) is 6.80. The molecule has 5 rings (SSSR count). The topological polar surface area (TPSA) is 59.8 Å². The first-order valence-corrected chi connectivity index (χ1v) is 13.1. The smallest absolute Gasteiger partial charge is 0.295 e. The SMILES string of the molecule is CCCCCOc1ccc(C2c3c(oc4ccc(Br)cc4c3=O)C(=O)N2c2cccc(Br)c2)cc1. The monoisotopic (exact) mass is 595 g/mol. The molecule has 0 saturated heterocycles. The van der Waals surface area contributed by atoms with Crippen LogP contribution >= 0.6 is 31.9 Å². The van der Waals surface area contributed by atoms with Crippen molar-refractivity contribution in [1.29, 1.82) is 0 Å². The van der Waals surface area contributed by atoms with Crippen LogP contribution in [0, 0.1) is 0 Å². The van der Waals surface area contributed by atoms with Gasteiger partial charge in [0, 0.05) is 14.6 Å². The number of rotatable bonds is 7. The van der Waals surface area contributed by atoms with Crippen molar-refractivity contribution < 1.29 is 13.9 Å². The van der Waals surface area contributed by atoms with Gasteiger partial charge in [-0.3, -0.25) is 14.5 Å². The predicted octanol–water partition coefficient (Wildman–Crippen LogP) is 7.64. The Morgan fingerprint density at radius 2 is 1.71 bits per heavy atom. The second-order valence-electron chi connectivity index (χ2n) is 8.50. The molecule has 3 aromatic carbocycles. The van der Waals surface area contributed by atoms with Gasteiger partial charge in [0.1, 0.15) is 11.3 Å². The van der Waals surface area contributed by atoms with Crippen LogP contribution in [0.15, 0.2) is 84.9 Å². The van der Waals surface area contributed by atoms with E-state index in [0.717, 1.165) is 39.5 Å². The fourth-order valence-corrected chi connectivity index (χ4v) is 5.19. The number of benzene rings is 3. The van der Waals surface area contributed by atoms with E-state index < -0.39 is 6.04 Å². The molecule has 2 heterocycles. The Hall–Kier alpha value is -2.90. The number of anilines is 1. The lowest BCUT2D eigenvalue weighted by atomic mass is 9.98. The third kappa shape index (κ3) is 4.55. The molecule has 1 unspecified atom stereocenters. The summed E-state index contributed by atoms with van der Waals surface area (Å²) < 4.78 is 13.5. The highest BCUT2D eigenvalue weighted by Crippen LogP contribution is 2.42. The maximum Gasteiger partial charge on any atom is 0.295 e. The first kappa shape index (κ1) is 23.8. The molecule has 0 aliphatic carbocycles. The minimum atomic E-state index is -0.624. The zero-order valence-electron chi connectivity index (χ0n) is 19.1. The van der Waals surface area contributed by atoms with Crippen molar-refractivity contribution in [2.45, 2.75) is 32.2 Å². The summed E-state index contributed by atoms with van der Waals surface area (Å²) in [4.78, 5) is 29.0. The zero-order chi connectivity index (χ0) is 24.5. The molecule has 0 bridgehead atoms. The number of ether oxygens (including phenoxy) is 1. The van der Waals surface area contributed by atoms with Gasteiger partial charge in [0.2, 0.25) is 5.76 Å². The zero-order valence-corrected chi connectivity index (χ0v) is 22.3. The summed E-state index contributed by atoms with van der Waals surface area (Å²) in [7, 11) is 0. The van der Waals surface area contributed by atoms with Gasteiger partial charge < -0.3 is 9.15 Å². The second kappa shape index (κ2) is 9.99. The first-order valence-electron chi connectivity index (χ1n) is 11.6. The lowest BCUT2D eigenvalue weighted by Gasteiger charge is -2.25. The van der Waals surface area contributed by atoms with E-state index in [4.69, 9.17) is 9.15 Å². The van der Waals surface area contributed by atoms with Gasteiger partial charge in [-0.25, -0.2) is 0 Å². The van der Waals surface area contributed by atoms with E-state index in [1.54, 1.807) is 23.1 Å². The molecule has 178 valence electrons. The molecule has 5 nitrogen and oxygen atoms in total. The molecule has 0 N–H and O–H groups in total. The maximum atomic E-state index is 13.7. The van der Waals surface area contributed by atoms with Gasteiger partial charge in [-0.2, -0.15) is 0 Å². The Morgan fingerprint density at radius 1 is 0.943 bits per heavy atom. The van der Waals surface area contributed by atoms with Crippen LogP contribution < -0.4 is 15.1 Å². The molecule has 0 spiro atoms. The van der Waals surface area contributed by atoms with Crippen molar-refractivity contribution in [3.8, 4) is 5.75 Å². The molecule has 1 amide bonds. The number of unbranched alkanes of at least 4 members (excludes halogenated alkanes) is 2. The largest absolute Gasteiger partial charge is 0.494 e. The van der Waals surface area contributed by atoms with Gasteiger partial charge in [-0.05, 0) is 60.5 Å². The van der Waals surface area contributed by atoms with E-state index in [9.17, 15) is 9.59 Å². The molecule has 1 aromatic heterocycles. The molecule has 0 saturated carbocycles. The summed E-state index contributed by atoms with van der Waals surface area (Å²) >= 11 is 6.94. The van der Waals surface area contributed by atoms with Crippen molar-refractivity contribution in [2.75, 3.05) is 11.5 Å². The van der Waals surface area contributed by atoms with E-state index in [1.165, 1.54) is 0 Å². The van der Waals surface area contributed by atoms with Crippen LogP contribution in [0.1, 0.15) is 53.9 Å². The highest BCUT2D eigenvalue weighted by Gasteiger charge is 2.43. The van der Waals surface area contributed by atoms with Crippen molar-refractivity contribution in [1.82, 2.24) is 0 Å². The van der Waals surface area contributed by atoms with Crippen LogP contribution in [-0.2, 0) is 0 Å². The van der Waals surface area contributed by atoms with Gasteiger partial charge >= 0.3 is 0 Å². The number of hydrogen-bond acceptors (Lipinski definition) is 4. The van der Waals surface area contributed by atoms with Crippen LogP contribution in [0.4, 0.5) is 5.69 Å². The number of halogens is 2. The quantitative estimate of drug-likeness (QED) is 0.206. The minimum Gasteiger partial charge on any atom is -0.494 e. The number of carbonyl (C=O) groups excluding carboxylic acids is 1. The molecule has 1 aliphatic heterocycles. The first-order chi connectivity index (χ1) is 17.0. The van der Waals surface area contributed by atoms with Crippen molar-refractivity contribution in [3.63, 3.8) is 0 Å². The summed E-state index contributed by atoms with van der Waals surface area (Å²) in [5.41, 5.74) is 2.00. The maximum absolute atomic E-state index is 13.7. The fourth-order valence-electron chi connectivity index (χ4n) is 4.44. The molecule has 35 heavy (non-hydrogen) atoms. The number of fused-ring (bicyclic) bond motifs is 2. The average Bonchev–Trinajstić information content (AvgIpc) is 3.15. The molecular weight excluding hydrogens is 574 g/mol. The van der Waals surface area contributed by atoms with Crippen LogP contribution in [0.25, 0.3) is 11.0 Å². The van der Waals surface area contributed by atoms with Gasteiger partial charge in [0.25, 0.3) is 5.91 Å². The number of amides is 1. The fraction of sp³-hybridized carbons (Fsp3) is 0.214. The predicted molar refractivity (Wildman–Crippen MR) is 144 cm³/mol. The summed E-state index contributed by atoms with van der Waals surface area (Å²) in [6, 6.07) is 19.7. The van der Waals surface area contributed by atoms with E-state index in [1.807, 2.05) is 48.5 Å². The van der Waals surface area contributed by atoms with E-state index in [0.29, 0.717) is 28.8 Å². The third-order valence-electron chi connectivity index (χ3n) is 6.13. The van der Waals surface area contributed by atoms with E-state index >= 15 is 0 Å². The lowest BCUT2D eigenvalue weighted by Crippen LogP contribution is -2.29. The van der Waals surface area contributed by atoms with E-state index in [2.05, 4.69) is 38.8 Å². The van der Waals surface area contributed by atoms with Gasteiger partial charge in [0.15, 0.2) is 5.43 Å². The summed E-state index contributed by atoms with van der Waals surface area (Å²) in [5, 5.41) is 0.433. The van der Waals surface area contributed by atoms with Crippen molar-refractivity contribution >= 4 is 54.4 Å². The summed E-state index contributed by atoms with van der Waals surface area (Å²) in [5.74, 6) is 0.498. The molecule has 0 radical (unpaired) electrons. The number of nitrogens with zero attached hydrogens (tertiary/aromatic N) is 1. The van der Waals surface area contributed by atoms with Crippen LogP contribution in [0.5, 0.6) is 5.75 Å². The standard InChI is InChI=1S/C28H23Br2NO4/c1-2-3-4-14-34-21-11-8-17(9-12-21)25-24-26(32)22-16-19(30)10-13-23(22)35-27(24)28(33)31(25)20-7-5-6-18(29)15-20/h5-13,15-16,25H,2-4,14H2,1H3. The van der Waals surface area contributed by atoms with Crippen molar-refractivity contribution in [2.24, 2.45) is 0 Å². The Labute approximate surface area is 220 Å². The van der Waals surface area contributed by atoms with Crippen LogP contribution in [0.3, 0.4) is 0 Å². The molecule has 4 aromatic rings. The van der Waals surface area contributed by atoms with Gasteiger partial charge in [0.05, 0.1) is 23.6 Å². The highest BCUT2D eigenvalue weighted by atomic mass is 79.9. The third-order valence-corrected chi connectivity index (χ3v) is 7.12. The molecular formula is C28H23Br2NO4. The Morgan fingerprint density at radius 3 is 2.46 bits per heavy atom. The Balaban J connectivity index is 1.63. The summed E-state index contributed by atoms with van der Waals surface area (Å²) in [6.07, 6.45) is 3.26. The van der Waals surface area contributed by atoms with E-state index in [-0.39, 0.29) is 17.1 Å². The second-order valence-corrected chi connectivity index (χ2v) is 10.3. The van der Waals surface area contributed by atoms with Crippen LogP contribution in [-0.4, -0.2) is 12.5 Å². The lowest BCUT2D eigenvalue weighted by molar-refractivity contribution is 0.0971. The highest BCUT2D eigenvalue weighted by molar-refractivity contribution is 9.10. The average molecular weight is 597 g/mol. The Bertz CT molecular complexity index is 1460. The van der Waals surface area contributed by atoms with Gasteiger partial charge in [-0.15, -0.1) is 0 Å². The van der Waals surface area contributed by atoms with Gasteiger partial charge in [-0.1, -0.05) is 69.8 Å². The molecule has 7 heteroatoms. The van der Waals surface area contributed by atoms with Crippen LogP contribution in [0.2, 0.25) is 0 Å². The molecule has 0 fully saturated rings.